The van der Waals surface area contributed by atoms with Crippen LogP contribution in [0.4, 0.5) is 30.8 Å². The summed E-state index contributed by atoms with van der Waals surface area (Å²) in [4.78, 5) is 40.6. The first-order valence-corrected chi connectivity index (χ1v) is 13.9. The molecule has 3 aromatic rings. The van der Waals surface area contributed by atoms with Gasteiger partial charge in [0, 0.05) is 57.4 Å². The Labute approximate surface area is 239 Å². The lowest BCUT2D eigenvalue weighted by Crippen LogP contribution is -2.59. The number of anilines is 3. The topological polar surface area (TPSA) is 162 Å². The molecule has 0 saturated carbocycles. The van der Waals surface area contributed by atoms with Crippen LogP contribution in [0.25, 0.3) is 11.6 Å². The number of H-pyrrole nitrogens is 1. The van der Waals surface area contributed by atoms with Gasteiger partial charge in [-0.15, -0.1) is 5.10 Å². The van der Waals surface area contributed by atoms with Gasteiger partial charge in [-0.2, -0.15) is 13.2 Å². The number of nitrogen functional groups attached to an aromatic ring is 1. The third kappa shape index (κ3) is 6.03. The summed E-state index contributed by atoms with van der Waals surface area (Å²) >= 11 is 0. The number of aromatic amines is 1. The lowest BCUT2D eigenvalue weighted by atomic mass is 9.97. The van der Waals surface area contributed by atoms with Crippen molar-refractivity contribution >= 4 is 23.6 Å². The number of carbonyl (C=O) groups is 1. The Morgan fingerprint density at radius 2 is 1.93 bits per heavy atom. The Bertz CT molecular complexity index is 1470. The average Bonchev–Trinajstić information content (AvgIpc) is 3.45. The Morgan fingerprint density at radius 1 is 1.17 bits per heavy atom. The normalized spacial score (nSPS) is 18.8. The Balaban J connectivity index is 1.27. The molecule has 0 radical (unpaired) electrons. The Hall–Kier alpha value is -4.21. The molecule has 0 bridgehead atoms. The number of hydrogen-bond donors (Lipinski definition) is 3. The van der Waals surface area contributed by atoms with Gasteiger partial charge in [0.25, 0.3) is 11.8 Å². The first-order chi connectivity index (χ1) is 20.1. The number of alkyl halides is 3. The van der Waals surface area contributed by atoms with E-state index < -0.39 is 11.9 Å². The van der Waals surface area contributed by atoms with Crippen LogP contribution in [0.5, 0.6) is 0 Å². The zero-order valence-corrected chi connectivity index (χ0v) is 23.3. The summed E-state index contributed by atoms with van der Waals surface area (Å²) in [6, 6.07) is 2.96. The molecule has 0 spiro atoms. The van der Waals surface area contributed by atoms with E-state index >= 15 is 0 Å². The van der Waals surface area contributed by atoms with Crippen LogP contribution in [0.3, 0.4) is 0 Å². The van der Waals surface area contributed by atoms with Gasteiger partial charge in [0.15, 0.2) is 11.5 Å². The maximum atomic E-state index is 14.2. The number of pyridine rings is 1. The van der Waals surface area contributed by atoms with E-state index in [1.165, 1.54) is 18.3 Å². The fourth-order valence-corrected chi connectivity index (χ4v) is 5.61. The third-order valence-electron chi connectivity index (χ3n) is 7.69. The number of nitrogens with two attached hydrogens (primary N) is 1. The van der Waals surface area contributed by atoms with Crippen LogP contribution in [-0.4, -0.2) is 92.2 Å². The van der Waals surface area contributed by atoms with Crippen molar-refractivity contribution in [2.75, 3.05) is 55.2 Å². The lowest BCUT2D eigenvalue weighted by molar-refractivity contribution is -0.140. The molecule has 42 heavy (non-hydrogen) atoms. The van der Waals surface area contributed by atoms with Gasteiger partial charge in [0.2, 0.25) is 5.56 Å². The quantitative estimate of drug-likeness (QED) is 0.371. The number of nitrogens with zero attached hydrogens (tertiary/aromatic N) is 7. The SMILES string of the molecule is CCNc1nnc(-c2cnc(N3CCN(C4CCN(C(=O)c5ccc(=O)[nH]c5N)CC4)C(CC)C3)c(C(F)(F)F)n2)o1. The molecule has 16 heteroatoms. The molecule has 2 fully saturated rings. The molecule has 5 rings (SSSR count). The molecule has 4 N–H and O–H groups in total. The van der Waals surface area contributed by atoms with Crippen molar-refractivity contribution in [3.63, 3.8) is 0 Å². The molecule has 13 nitrogen and oxygen atoms in total. The van der Waals surface area contributed by atoms with Crippen LogP contribution < -0.4 is 21.5 Å². The highest BCUT2D eigenvalue weighted by molar-refractivity contribution is 5.98. The summed E-state index contributed by atoms with van der Waals surface area (Å²) in [5, 5.41) is 10.4. The van der Waals surface area contributed by atoms with Crippen molar-refractivity contribution in [2.24, 2.45) is 0 Å². The van der Waals surface area contributed by atoms with Crippen molar-refractivity contribution in [2.45, 2.75) is 51.4 Å². The fourth-order valence-electron chi connectivity index (χ4n) is 5.61. The van der Waals surface area contributed by atoms with Crippen molar-refractivity contribution in [3.05, 3.63) is 39.9 Å². The van der Waals surface area contributed by atoms with Crippen LogP contribution in [-0.2, 0) is 6.18 Å². The number of hydrogen-bond acceptors (Lipinski definition) is 11. The van der Waals surface area contributed by atoms with Crippen molar-refractivity contribution in [1.29, 1.82) is 0 Å². The van der Waals surface area contributed by atoms with Gasteiger partial charge in [-0.3, -0.25) is 14.5 Å². The minimum atomic E-state index is -4.74. The average molecular weight is 591 g/mol. The van der Waals surface area contributed by atoms with Crippen molar-refractivity contribution in [3.8, 4) is 11.6 Å². The van der Waals surface area contributed by atoms with Gasteiger partial charge < -0.3 is 30.3 Å². The number of piperidine rings is 1. The lowest BCUT2D eigenvalue weighted by Gasteiger charge is -2.47. The number of likely N-dealkylation sites (tertiary alicyclic amines) is 1. The molecule has 2 aliphatic rings. The summed E-state index contributed by atoms with van der Waals surface area (Å²) in [6.07, 6.45) is -1.36. The highest BCUT2D eigenvalue weighted by Gasteiger charge is 2.41. The van der Waals surface area contributed by atoms with E-state index in [2.05, 4.69) is 35.4 Å². The van der Waals surface area contributed by atoms with Crippen molar-refractivity contribution < 1.29 is 22.4 Å². The zero-order chi connectivity index (χ0) is 30.0. The molecule has 5 heterocycles. The first-order valence-electron chi connectivity index (χ1n) is 13.9. The highest BCUT2D eigenvalue weighted by atomic mass is 19.4. The Kier molecular flexibility index (Phi) is 8.34. The van der Waals surface area contributed by atoms with E-state index in [1.807, 2.05) is 13.8 Å². The Morgan fingerprint density at radius 3 is 2.60 bits per heavy atom. The largest absolute Gasteiger partial charge is 0.437 e. The number of nitrogens with one attached hydrogen (secondary N) is 2. The number of aromatic nitrogens is 5. The smallest absolute Gasteiger partial charge is 0.402 e. The summed E-state index contributed by atoms with van der Waals surface area (Å²) in [5.41, 5.74) is 4.49. The van der Waals surface area contributed by atoms with Crippen LogP contribution in [0, 0.1) is 0 Å². The predicted octanol–water partition coefficient (Wildman–Crippen LogP) is 2.45. The van der Waals surface area contributed by atoms with E-state index in [0.717, 1.165) is 6.42 Å². The predicted molar refractivity (Wildman–Crippen MR) is 148 cm³/mol. The van der Waals surface area contributed by atoms with Gasteiger partial charge in [0.1, 0.15) is 11.5 Å². The molecule has 0 aromatic carbocycles. The molecule has 2 aliphatic heterocycles. The van der Waals surface area contributed by atoms with Gasteiger partial charge in [-0.1, -0.05) is 12.0 Å². The standard InChI is InChI=1S/C26H33F3N10O3/c1-3-15-14-38(22-20(26(27,28)29)33-18(13-32-22)23-35-36-25(42-23)31-4-2)11-12-39(15)16-7-9-37(10-8-16)24(41)17-5-6-19(40)34-21(17)30/h5-6,13,15-16H,3-4,7-12,14H2,1-2H3,(H,31,36)(H3,30,34,40). The fraction of sp³-hybridized carbons (Fsp3) is 0.538. The number of amides is 1. The maximum Gasteiger partial charge on any atom is 0.437 e. The molecule has 226 valence electrons. The van der Waals surface area contributed by atoms with Crippen LogP contribution >= 0.6 is 0 Å². The van der Waals surface area contributed by atoms with E-state index in [4.69, 9.17) is 10.2 Å². The van der Waals surface area contributed by atoms with E-state index in [0.29, 0.717) is 52.1 Å². The van der Waals surface area contributed by atoms with Crippen molar-refractivity contribution in [1.82, 2.24) is 34.9 Å². The summed E-state index contributed by atoms with van der Waals surface area (Å²) in [5.74, 6) is -0.574. The minimum absolute atomic E-state index is 0.0120. The van der Waals surface area contributed by atoms with Gasteiger partial charge in [-0.25, -0.2) is 9.97 Å². The number of halogens is 3. The molecule has 1 unspecified atom stereocenters. The summed E-state index contributed by atoms with van der Waals surface area (Å²) in [7, 11) is 0. The number of rotatable bonds is 7. The highest BCUT2D eigenvalue weighted by Crippen LogP contribution is 2.37. The van der Waals surface area contributed by atoms with Crippen LogP contribution in [0.1, 0.15) is 49.2 Å². The monoisotopic (exact) mass is 590 g/mol. The van der Waals surface area contributed by atoms with Gasteiger partial charge in [-0.05, 0) is 32.3 Å². The molecule has 1 atom stereocenters. The third-order valence-corrected chi connectivity index (χ3v) is 7.69. The van der Waals surface area contributed by atoms with Crippen LogP contribution in [0.2, 0.25) is 0 Å². The summed E-state index contributed by atoms with van der Waals surface area (Å²) in [6.45, 7) is 6.59. The maximum absolute atomic E-state index is 14.2. The number of carbonyl (C=O) groups excluding carboxylic acids is 1. The number of piperazine rings is 1. The molecular weight excluding hydrogens is 557 g/mol. The minimum Gasteiger partial charge on any atom is -0.402 e. The molecule has 0 aliphatic carbocycles. The van der Waals surface area contributed by atoms with E-state index in [9.17, 15) is 22.8 Å². The molecular formula is C26H33F3N10O3. The van der Waals surface area contributed by atoms with E-state index in [1.54, 1.807) is 9.80 Å². The van der Waals surface area contributed by atoms with Gasteiger partial charge >= 0.3 is 12.2 Å². The second-order valence-electron chi connectivity index (χ2n) is 10.3. The second-order valence-corrected chi connectivity index (χ2v) is 10.3. The zero-order valence-electron chi connectivity index (χ0n) is 23.3. The second kappa shape index (κ2) is 12.0. The first kappa shape index (κ1) is 29.3. The molecule has 2 saturated heterocycles. The molecule has 1 amide bonds. The van der Waals surface area contributed by atoms with Crippen LogP contribution in [0.15, 0.2) is 27.5 Å². The molecule has 3 aromatic heterocycles. The van der Waals surface area contributed by atoms with E-state index in [-0.39, 0.29) is 58.3 Å². The van der Waals surface area contributed by atoms with Gasteiger partial charge in [0.05, 0.1) is 11.8 Å². The summed E-state index contributed by atoms with van der Waals surface area (Å²) < 4.78 is 47.9.